The Hall–Kier alpha value is -1.28. The van der Waals surface area contributed by atoms with Gasteiger partial charge in [-0.25, -0.2) is 4.57 Å². The van der Waals surface area contributed by atoms with Crippen LogP contribution in [0.5, 0.6) is 0 Å². The molecular weight excluding hydrogens is 806 g/mol. The Morgan fingerprint density at radius 3 is 1.30 bits per heavy atom. The number of nitrogens with zero attached hydrogens (tertiary/aromatic N) is 1. The van der Waals surface area contributed by atoms with Crippen LogP contribution in [0.4, 0.5) is 0 Å². The molecule has 0 saturated heterocycles. The maximum absolute atomic E-state index is 12.8. The van der Waals surface area contributed by atoms with E-state index in [1.165, 1.54) is 180 Å². The van der Waals surface area contributed by atoms with Gasteiger partial charge in [-0.15, -0.1) is 0 Å². The molecule has 0 amide bonds. The van der Waals surface area contributed by atoms with E-state index in [2.05, 4.69) is 50.3 Å². The number of quaternary nitrogens is 1. The molecule has 63 heavy (non-hydrogen) atoms. The second-order valence-electron chi connectivity index (χ2n) is 19.3. The summed E-state index contributed by atoms with van der Waals surface area (Å²) in [5.41, 5.74) is 0. The summed E-state index contributed by atoms with van der Waals surface area (Å²) < 4.78 is 35.2. The average molecular weight is 911 g/mol. The minimum absolute atomic E-state index is 0.0892. The zero-order chi connectivity index (χ0) is 46.2. The maximum atomic E-state index is 12.8. The van der Waals surface area contributed by atoms with Gasteiger partial charge in [-0.1, -0.05) is 224 Å². The number of allylic oxidation sites excluding steroid dienone is 6. The largest absolute Gasteiger partial charge is 0.472 e. The monoisotopic (exact) mass is 911 g/mol. The molecule has 0 bridgehead atoms. The molecule has 0 rings (SSSR count). The van der Waals surface area contributed by atoms with E-state index in [1.54, 1.807) is 0 Å². The lowest BCUT2D eigenvalue weighted by molar-refractivity contribution is -0.870. The predicted molar refractivity (Wildman–Crippen MR) is 270 cm³/mol. The summed E-state index contributed by atoms with van der Waals surface area (Å²) in [6, 6.07) is 0. The molecule has 0 aliphatic carbocycles. The molecule has 0 aromatic rings. The number of likely N-dealkylation sites (N-methyl/N-ethyl adjacent to an activating group) is 1. The Labute approximate surface area is 391 Å². The summed E-state index contributed by atoms with van der Waals surface area (Å²) >= 11 is 0. The van der Waals surface area contributed by atoms with Gasteiger partial charge in [0, 0.05) is 13.0 Å². The molecule has 0 aliphatic heterocycles. The number of esters is 1. The standard InChI is InChI=1S/C54H104NO7P/c1-6-8-10-12-14-16-18-20-22-24-25-26-27-28-29-30-31-32-33-35-37-39-41-43-45-47-54(56)62-53(52-61-63(57,58)60-50-48-55(3,4)5)51-59-49-46-44-42-40-38-36-34-23-21-19-17-15-13-11-9-7-2/h18,20,24-25,27-28,53H,6-17,19,21-23,26,29-52H2,1-5H3/p+1/b20-18-,25-24-,28-27-. The number of ether oxygens (including phenoxy) is 2. The first-order chi connectivity index (χ1) is 30.6. The maximum Gasteiger partial charge on any atom is 0.472 e. The van der Waals surface area contributed by atoms with Crippen LogP contribution < -0.4 is 0 Å². The molecule has 0 aromatic heterocycles. The quantitative estimate of drug-likeness (QED) is 0.0214. The fraction of sp³-hybridized carbons (Fsp3) is 0.870. The van der Waals surface area contributed by atoms with Gasteiger partial charge in [0.05, 0.1) is 34.4 Å². The summed E-state index contributed by atoms with van der Waals surface area (Å²) in [5.74, 6) is -0.314. The van der Waals surface area contributed by atoms with Crippen LogP contribution in [-0.4, -0.2) is 75.6 Å². The summed E-state index contributed by atoms with van der Waals surface area (Å²) in [4.78, 5) is 23.0. The predicted octanol–water partition coefficient (Wildman–Crippen LogP) is 16.5. The zero-order valence-electron chi connectivity index (χ0n) is 42.3. The molecule has 9 heteroatoms. The average Bonchev–Trinajstić information content (AvgIpc) is 3.24. The van der Waals surface area contributed by atoms with E-state index in [4.69, 9.17) is 18.5 Å². The Kier molecular flexibility index (Phi) is 46.3. The molecule has 0 aliphatic rings. The van der Waals surface area contributed by atoms with Crippen LogP contribution in [0.1, 0.15) is 245 Å². The van der Waals surface area contributed by atoms with Crippen LogP contribution in [0.25, 0.3) is 0 Å². The third-order valence-electron chi connectivity index (χ3n) is 11.7. The Morgan fingerprint density at radius 1 is 0.492 bits per heavy atom. The van der Waals surface area contributed by atoms with Crippen molar-refractivity contribution in [3.05, 3.63) is 36.5 Å². The van der Waals surface area contributed by atoms with Gasteiger partial charge < -0.3 is 18.9 Å². The lowest BCUT2D eigenvalue weighted by Crippen LogP contribution is -2.37. The fourth-order valence-electron chi connectivity index (χ4n) is 7.56. The van der Waals surface area contributed by atoms with E-state index in [-0.39, 0.29) is 25.8 Å². The zero-order valence-corrected chi connectivity index (χ0v) is 43.2. The van der Waals surface area contributed by atoms with E-state index in [1.807, 2.05) is 21.1 Å². The topological polar surface area (TPSA) is 91.3 Å². The number of phosphoric ester groups is 1. The SMILES string of the molecule is CCCCCCC/C=C\C/C=C\C/C=C\CCCCCCCCCCCCC(=O)OC(COCCCCCCCCCCCCCCCCCC)COP(=O)(O)OCC[N+](C)(C)C. The van der Waals surface area contributed by atoms with Gasteiger partial charge in [-0.05, 0) is 51.4 Å². The second-order valence-corrected chi connectivity index (χ2v) is 20.7. The molecule has 2 unspecified atom stereocenters. The van der Waals surface area contributed by atoms with Crippen LogP contribution in [0, 0.1) is 0 Å². The van der Waals surface area contributed by atoms with Crippen LogP contribution in [0.3, 0.4) is 0 Å². The lowest BCUT2D eigenvalue weighted by atomic mass is 10.0. The molecule has 2 atom stereocenters. The van der Waals surface area contributed by atoms with Crippen molar-refractivity contribution in [3.63, 3.8) is 0 Å². The minimum atomic E-state index is -4.28. The van der Waals surface area contributed by atoms with Crippen molar-refractivity contribution in [3.8, 4) is 0 Å². The summed E-state index contributed by atoms with van der Waals surface area (Å²) in [6.45, 7) is 5.65. The highest BCUT2D eigenvalue weighted by Gasteiger charge is 2.26. The van der Waals surface area contributed by atoms with Gasteiger partial charge in [-0.2, -0.15) is 0 Å². The molecule has 0 heterocycles. The summed E-state index contributed by atoms with van der Waals surface area (Å²) in [6.07, 6.45) is 57.6. The summed E-state index contributed by atoms with van der Waals surface area (Å²) in [7, 11) is 1.67. The minimum Gasteiger partial charge on any atom is -0.457 e. The molecule has 0 aromatic carbocycles. The number of hydrogen-bond acceptors (Lipinski definition) is 6. The van der Waals surface area contributed by atoms with Crippen molar-refractivity contribution in [2.24, 2.45) is 0 Å². The van der Waals surface area contributed by atoms with Gasteiger partial charge >= 0.3 is 13.8 Å². The number of phosphoric acid groups is 1. The molecule has 0 radical (unpaired) electrons. The Bertz CT molecular complexity index is 1100. The van der Waals surface area contributed by atoms with Crippen LogP contribution >= 0.6 is 7.82 Å². The van der Waals surface area contributed by atoms with Gasteiger partial charge in [0.2, 0.25) is 0 Å². The Morgan fingerprint density at radius 2 is 0.873 bits per heavy atom. The number of carbonyl (C=O) groups excluding carboxylic acids is 1. The first kappa shape index (κ1) is 61.7. The molecular formula is C54H105NO7P+. The molecule has 8 nitrogen and oxygen atoms in total. The molecule has 0 fully saturated rings. The fourth-order valence-corrected chi connectivity index (χ4v) is 8.30. The van der Waals surface area contributed by atoms with Crippen LogP contribution in [0.2, 0.25) is 0 Å². The van der Waals surface area contributed by atoms with E-state index < -0.39 is 13.9 Å². The summed E-state index contributed by atoms with van der Waals surface area (Å²) in [5, 5.41) is 0. The van der Waals surface area contributed by atoms with Crippen molar-refractivity contribution >= 4 is 13.8 Å². The van der Waals surface area contributed by atoms with Crippen molar-refractivity contribution in [1.29, 1.82) is 0 Å². The van der Waals surface area contributed by atoms with E-state index in [0.29, 0.717) is 24.1 Å². The van der Waals surface area contributed by atoms with Gasteiger partial charge in [0.25, 0.3) is 0 Å². The number of unbranched alkanes of at least 4 members (excludes halogenated alkanes) is 30. The molecule has 0 spiro atoms. The van der Waals surface area contributed by atoms with Crippen molar-refractivity contribution in [2.75, 3.05) is 54.1 Å². The smallest absolute Gasteiger partial charge is 0.457 e. The highest BCUT2D eigenvalue weighted by atomic mass is 31.2. The third kappa shape index (κ3) is 51.6. The highest BCUT2D eigenvalue weighted by Crippen LogP contribution is 2.43. The van der Waals surface area contributed by atoms with E-state index >= 15 is 0 Å². The lowest BCUT2D eigenvalue weighted by Gasteiger charge is -2.24. The van der Waals surface area contributed by atoms with Gasteiger partial charge in [0.15, 0.2) is 0 Å². The van der Waals surface area contributed by atoms with Gasteiger partial charge in [-0.3, -0.25) is 13.8 Å². The first-order valence-corrected chi connectivity index (χ1v) is 28.2. The number of carbonyl (C=O) groups is 1. The number of rotatable bonds is 50. The third-order valence-corrected chi connectivity index (χ3v) is 12.7. The van der Waals surface area contributed by atoms with E-state index in [0.717, 1.165) is 44.9 Å². The van der Waals surface area contributed by atoms with Gasteiger partial charge in [0.1, 0.15) is 19.3 Å². The first-order valence-electron chi connectivity index (χ1n) is 26.7. The Balaban J connectivity index is 4.09. The second kappa shape index (κ2) is 47.2. The van der Waals surface area contributed by atoms with Crippen molar-refractivity contribution in [1.82, 2.24) is 0 Å². The molecule has 1 N–H and O–H groups in total. The van der Waals surface area contributed by atoms with E-state index in [9.17, 15) is 14.3 Å². The normalized spacial score (nSPS) is 13.8. The van der Waals surface area contributed by atoms with Crippen molar-refractivity contribution < 1.29 is 37.3 Å². The molecule has 372 valence electrons. The highest BCUT2D eigenvalue weighted by molar-refractivity contribution is 7.47. The molecule has 0 saturated carbocycles. The van der Waals surface area contributed by atoms with Crippen molar-refractivity contribution in [2.45, 2.75) is 251 Å². The van der Waals surface area contributed by atoms with Crippen LogP contribution in [-0.2, 0) is 27.9 Å². The van der Waals surface area contributed by atoms with Crippen LogP contribution in [0.15, 0.2) is 36.5 Å². The number of hydrogen-bond donors (Lipinski definition) is 1.